The summed E-state index contributed by atoms with van der Waals surface area (Å²) >= 11 is 0. The van der Waals surface area contributed by atoms with Crippen LogP contribution in [0, 0.1) is 12.7 Å². The summed E-state index contributed by atoms with van der Waals surface area (Å²) in [5.41, 5.74) is 2.56. The van der Waals surface area contributed by atoms with Crippen LogP contribution in [0.3, 0.4) is 0 Å². The lowest BCUT2D eigenvalue weighted by atomic mass is 9.87. The summed E-state index contributed by atoms with van der Waals surface area (Å²) in [5, 5.41) is 5.87. The Kier molecular flexibility index (Phi) is 10.3. The number of amides is 3. The molecule has 0 saturated carbocycles. The summed E-state index contributed by atoms with van der Waals surface area (Å²) < 4.78 is 52.5. The van der Waals surface area contributed by atoms with Crippen molar-refractivity contribution < 1.29 is 36.3 Å². The van der Waals surface area contributed by atoms with Crippen molar-refractivity contribution in [1.29, 1.82) is 0 Å². The third kappa shape index (κ3) is 7.77. The first-order chi connectivity index (χ1) is 23.5. The number of anilines is 1. The Labute approximate surface area is 291 Å². The molecule has 266 valence electrons. The van der Waals surface area contributed by atoms with E-state index in [1.54, 1.807) is 49.9 Å². The van der Waals surface area contributed by atoms with Crippen LogP contribution in [0.4, 0.5) is 14.9 Å². The highest BCUT2D eigenvalue weighted by Gasteiger charge is 2.35. The van der Waals surface area contributed by atoms with E-state index >= 15 is 0 Å². The number of hydrogen-bond donors (Lipinski definition) is 2. The first kappa shape index (κ1) is 36.4. The second kappa shape index (κ2) is 14.1. The van der Waals surface area contributed by atoms with Gasteiger partial charge in [-0.15, -0.1) is 0 Å². The number of carbonyl (C=O) groups is 3. The number of sulfonamides is 1. The summed E-state index contributed by atoms with van der Waals surface area (Å²) in [6.45, 7) is 7.72. The number of hydrogen-bond acceptors (Lipinski definition) is 7. The van der Waals surface area contributed by atoms with Crippen molar-refractivity contribution in [2.75, 3.05) is 37.7 Å². The molecule has 0 radical (unpaired) electrons. The van der Waals surface area contributed by atoms with E-state index in [1.807, 2.05) is 19.1 Å². The van der Waals surface area contributed by atoms with Crippen molar-refractivity contribution in [3.05, 3.63) is 88.7 Å². The molecule has 3 aromatic carbocycles. The fourth-order valence-electron chi connectivity index (χ4n) is 6.30. The van der Waals surface area contributed by atoms with Crippen LogP contribution < -0.4 is 14.9 Å². The summed E-state index contributed by atoms with van der Waals surface area (Å²) in [7, 11) is -0.823. The average Bonchev–Trinajstić information content (AvgIpc) is 3.43. The fraction of sp³-hybridized carbons (Fsp3) is 0.378. The molecule has 11 nitrogen and oxygen atoms in total. The number of nitrogens with one attached hydrogen (secondary N) is 2. The number of nitrogens with zero attached hydrogens (tertiary/aromatic N) is 2. The maximum Gasteiger partial charge on any atom is 0.408 e. The molecule has 1 saturated heterocycles. The molecule has 3 amide bonds. The molecule has 1 fully saturated rings. The number of aryl methyl sites for hydroxylation is 1. The second-order valence-electron chi connectivity index (χ2n) is 13.6. The van der Waals surface area contributed by atoms with E-state index in [-0.39, 0.29) is 35.3 Å². The Morgan fingerprint density at radius 2 is 1.76 bits per heavy atom. The fourth-order valence-corrected chi connectivity index (χ4v) is 6.82. The van der Waals surface area contributed by atoms with Crippen molar-refractivity contribution >= 4 is 44.6 Å². The maximum atomic E-state index is 14.3. The zero-order valence-corrected chi connectivity index (χ0v) is 30.1. The number of likely N-dealkylation sites (tertiary alicyclic amines) is 1. The van der Waals surface area contributed by atoms with E-state index in [2.05, 4.69) is 10.6 Å². The third-order valence-corrected chi connectivity index (χ3v) is 10.0. The van der Waals surface area contributed by atoms with E-state index in [1.165, 1.54) is 38.4 Å². The van der Waals surface area contributed by atoms with Gasteiger partial charge in [0.2, 0.25) is 15.9 Å². The molecular weight excluding hydrogens is 663 g/mol. The molecule has 1 aromatic heterocycles. The molecule has 0 aliphatic carbocycles. The van der Waals surface area contributed by atoms with E-state index in [4.69, 9.17) is 9.15 Å². The van der Waals surface area contributed by atoms with E-state index in [0.717, 1.165) is 16.1 Å². The van der Waals surface area contributed by atoms with Gasteiger partial charge in [0.05, 0.1) is 17.5 Å². The monoisotopic (exact) mass is 706 g/mol. The van der Waals surface area contributed by atoms with Gasteiger partial charge in [-0.05, 0) is 87.6 Å². The van der Waals surface area contributed by atoms with Crippen molar-refractivity contribution in [3.8, 4) is 11.3 Å². The van der Waals surface area contributed by atoms with Crippen LogP contribution in [0.1, 0.15) is 72.6 Å². The number of alkyl carbamates (subject to hydrolysis) is 1. The van der Waals surface area contributed by atoms with Crippen LogP contribution in [0.25, 0.3) is 22.3 Å². The normalized spacial score (nSPS) is 15.8. The second-order valence-corrected chi connectivity index (χ2v) is 15.6. The maximum absolute atomic E-state index is 14.3. The molecule has 4 aromatic rings. The highest BCUT2D eigenvalue weighted by Crippen LogP contribution is 2.42. The molecule has 0 spiro atoms. The van der Waals surface area contributed by atoms with Crippen molar-refractivity contribution in [2.24, 2.45) is 0 Å². The highest BCUT2D eigenvalue weighted by atomic mass is 32.2. The zero-order valence-electron chi connectivity index (χ0n) is 29.3. The van der Waals surface area contributed by atoms with Gasteiger partial charge in [-0.25, -0.2) is 17.6 Å². The average molecular weight is 707 g/mol. The van der Waals surface area contributed by atoms with E-state index in [9.17, 15) is 27.2 Å². The van der Waals surface area contributed by atoms with Crippen LogP contribution in [0.5, 0.6) is 0 Å². The lowest BCUT2D eigenvalue weighted by Crippen LogP contribution is -2.47. The van der Waals surface area contributed by atoms with Gasteiger partial charge >= 0.3 is 6.09 Å². The Bertz CT molecular complexity index is 2040. The predicted octanol–water partition coefficient (Wildman–Crippen LogP) is 6.27. The number of piperidine rings is 1. The van der Waals surface area contributed by atoms with Crippen LogP contribution in [-0.4, -0.2) is 70.3 Å². The van der Waals surface area contributed by atoms with E-state index in [0.29, 0.717) is 47.2 Å². The number of carbonyl (C=O) groups excluding carboxylic acids is 3. The third-order valence-electron chi connectivity index (χ3n) is 8.81. The summed E-state index contributed by atoms with van der Waals surface area (Å²) in [4.78, 5) is 42.3. The SMILES string of the molecule is CNC(=O)c1c(-c2ccc(F)cc2)oc2cc(N(C)S(C)(=O)=O)c([C@@H]3CCCN(C(=O)[C@H](NC(=O)OC(C)(C)C)c4ccccc4C)C3)cc12. The first-order valence-electron chi connectivity index (χ1n) is 16.3. The summed E-state index contributed by atoms with van der Waals surface area (Å²) in [6, 6.07) is 15.2. The molecule has 13 heteroatoms. The van der Waals surface area contributed by atoms with Gasteiger partial charge in [0.1, 0.15) is 28.8 Å². The molecule has 50 heavy (non-hydrogen) atoms. The van der Waals surface area contributed by atoms with Gasteiger partial charge < -0.3 is 24.7 Å². The largest absolute Gasteiger partial charge is 0.455 e. The molecular formula is C37H43FN4O7S. The lowest BCUT2D eigenvalue weighted by molar-refractivity contribution is -0.135. The quantitative estimate of drug-likeness (QED) is 0.220. The highest BCUT2D eigenvalue weighted by molar-refractivity contribution is 7.92. The first-order valence-corrected chi connectivity index (χ1v) is 18.2. The number of halogens is 1. The van der Waals surface area contributed by atoms with Crippen molar-refractivity contribution in [3.63, 3.8) is 0 Å². The minimum Gasteiger partial charge on any atom is -0.455 e. The standard InChI is InChI=1S/C37H43FN4O7S/c1-22-11-8-9-13-26(22)32(40-36(45)49-37(2,3)4)35(44)42-18-10-12-24(21-42)27-19-28-30(20-29(27)41(6)50(7,46)47)48-33(31(28)34(43)39-5)23-14-16-25(38)17-15-23/h8-9,11,13-17,19-20,24,32H,10,12,18,21H2,1-7H3,(H,39,43)(H,40,45)/t24-,32-/m1/s1. The van der Waals surface area contributed by atoms with Gasteiger partial charge in [0.15, 0.2) is 0 Å². The number of fused-ring (bicyclic) bond motifs is 1. The molecule has 2 heterocycles. The zero-order chi connectivity index (χ0) is 36.5. The minimum atomic E-state index is -3.75. The minimum absolute atomic E-state index is 0.208. The molecule has 2 N–H and O–H groups in total. The van der Waals surface area contributed by atoms with Crippen molar-refractivity contribution in [2.45, 2.75) is 58.1 Å². The van der Waals surface area contributed by atoms with Gasteiger partial charge in [0, 0.05) is 50.1 Å². The van der Waals surface area contributed by atoms with Gasteiger partial charge in [-0.3, -0.25) is 13.9 Å². The lowest BCUT2D eigenvalue weighted by Gasteiger charge is -2.37. The Morgan fingerprint density at radius 1 is 1.08 bits per heavy atom. The van der Waals surface area contributed by atoms with Crippen LogP contribution in [0.2, 0.25) is 0 Å². The number of rotatable bonds is 8. The summed E-state index contributed by atoms with van der Waals surface area (Å²) in [6.07, 6.45) is 1.58. The number of benzene rings is 3. The van der Waals surface area contributed by atoms with Gasteiger partial charge in [-0.2, -0.15) is 0 Å². The Balaban J connectivity index is 1.60. The number of ether oxygens (including phenoxy) is 1. The van der Waals surface area contributed by atoms with Crippen LogP contribution in [-0.2, 0) is 19.6 Å². The topological polar surface area (TPSA) is 138 Å². The van der Waals surface area contributed by atoms with E-state index < -0.39 is 39.5 Å². The van der Waals surface area contributed by atoms with Gasteiger partial charge in [-0.1, -0.05) is 24.3 Å². The van der Waals surface area contributed by atoms with Crippen LogP contribution in [0.15, 0.2) is 65.1 Å². The molecule has 1 aliphatic rings. The molecule has 0 unspecified atom stereocenters. The van der Waals surface area contributed by atoms with Crippen molar-refractivity contribution in [1.82, 2.24) is 15.5 Å². The Hall–Kier alpha value is -4.91. The smallest absolute Gasteiger partial charge is 0.408 e. The predicted molar refractivity (Wildman–Crippen MR) is 190 cm³/mol. The molecule has 5 rings (SSSR count). The Morgan fingerprint density at radius 3 is 2.38 bits per heavy atom. The molecule has 2 atom stereocenters. The van der Waals surface area contributed by atoms with Gasteiger partial charge in [0.25, 0.3) is 5.91 Å². The summed E-state index contributed by atoms with van der Waals surface area (Å²) in [5.74, 6) is -1.36. The molecule has 1 aliphatic heterocycles. The number of furan rings is 1. The molecule has 0 bridgehead atoms. The van der Waals surface area contributed by atoms with Crippen LogP contribution >= 0.6 is 0 Å².